The van der Waals surface area contributed by atoms with Crippen LogP contribution in [0.25, 0.3) is 5.69 Å². The van der Waals surface area contributed by atoms with Crippen LogP contribution in [-0.4, -0.2) is 34.9 Å². The van der Waals surface area contributed by atoms with Gasteiger partial charge in [-0.1, -0.05) is 37.8 Å². The lowest BCUT2D eigenvalue weighted by molar-refractivity contribution is 0.0441. The van der Waals surface area contributed by atoms with Crippen molar-refractivity contribution in [3.05, 3.63) is 47.5 Å². The topological polar surface area (TPSA) is 56.1 Å². The van der Waals surface area contributed by atoms with E-state index in [4.69, 9.17) is 4.74 Å². The Kier molecular flexibility index (Phi) is 6.39. The van der Waals surface area contributed by atoms with Crippen molar-refractivity contribution in [2.45, 2.75) is 51.6 Å². The summed E-state index contributed by atoms with van der Waals surface area (Å²) in [4.78, 5) is 12.4. The van der Waals surface area contributed by atoms with Crippen LogP contribution < -0.4 is 5.32 Å². The van der Waals surface area contributed by atoms with E-state index >= 15 is 0 Å². The lowest BCUT2D eigenvalue weighted by atomic mass is 10.1. The molecule has 1 heterocycles. The monoisotopic (exact) mass is 359 g/mol. The summed E-state index contributed by atoms with van der Waals surface area (Å²) < 4.78 is 21.3. The second-order valence-electron chi connectivity index (χ2n) is 6.75. The molecule has 1 saturated carbocycles. The normalized spacial score (nSPS) is 15.6. The zero-order valence-corrected chi connectivity index (χ0v) is 15.2. The summed E-state index contributed by atoms with van der Waals surface area (Å²) in [7, 11) is 0. The van der Waals surface area contributed by atoms with Crippen LogP contribution >= 0.6 is 0 Å². The molecule has 0 bridgehead atoms. The Labute approximate surface area is 153 Å². The summed E-state index contributed by atoms with van der Waals surface area (Å²) in [5, 5.41) is 7.03. The highest BCUT2D eigenvalue weighted by atomic mass is 19.1. The van der Waals surface area contributed by atoms with Crippen molar-refractivity contribution < 1.29 is 13.9 Å². The Balaban J connectivity index is 1.53. The van der Waals surface area contributed by atoms with Crippen LogP contribution in [0.15, 0.2) is 30.5 Å². The molecular formula is C20H26FN3O2. The van der Waals surface area contributed by atoms with Crippen molar-refractivity contribution in [3.8, 4) is 5.69 Å². The van der Waals surface area contributed by atoms with E-state index in [1.807, 2.05) is 0 Å². The van der Waals surface area contributed by atoms with E-state index in [9.17, 15) is 9.18 Å². The minimum absolute atomic E-state index is 0.213. The van der Waals surface area contributed by atoms with Gasteiger partial charge in [-0.2, -0.15) is 5.10 Å². The summed E-state index contributed by atoms with van der Waals surface area (Å²) >= 11 is 0. The molecule has 0 aliphatic heterocycles. The van der Waals surface area contributed by atoms with E-state index < -0.39 is 0 Å². The second kappa shape index (κ2) is 8.94. The van der Waals surface area contributed by atoms with Gasteiger partial charge in [-0.05, 0) is 31.9 Å². The predicted octanol–water partition coefficient (Wildman–Crippen LogP) is 3.79. The van der Waals surface area contributed by atoms with E-state index in [2.05, 4.69) is 10.4 Å². The van der Waals surface area contributed by atoms with Crippen molar-refractivity contribution in [1.29, 1.82) is 0 Å². The Bertz CT molecular complexity index is 736. The molecule has 0 saturated heterocycles. The smallest absolute Gasteiger partial charge is 0.254 e. The molecule has 1 aromatic carbocycles. The molecule has 1 aromatic heterocycles. The lowest BCUT2D eigenvalue weighted by Gasteiger charge is -2.15. The van der Waals surface area contributed by atoms with Crippen molar-refractivity contribution in [2.24, 2.45) is 0 Å². The van der Waals surface area contributed by atoms with Gasteiger partial charge in [0.1, 0.15) is 11.5 Å². The summed E-state index contributed by atoms with van der Waals surface area (Å²) in [6.07, 6.45) is 9.06. The number of amides is 1. The van der Waals surface area contributed by atoms with Gasteiger partial charge in [-0.15, -0.1) is 0 Å². The molecule has 3 rings (SSSR count). The van der Waals surface area contributed by atoms with Gasteiger partial charge < -0.3 is 10.1 Å². The highest BCUT2D eigenvalue weighted by Gasteiger charge is 2.17. The number of hydrogen-bond acceptors (Lipinski definition) is 3. The predicted molar refractivity (Wildman–Crippen MR) is 98.0 cm³/mol. The Morgan fingerprint density at radius 2 is 2.00 bits per heavy atom. The molecule has 26 heavy (non-hydrogen) atoms. The first-order chi connectivity index (χ1) is 12.7. The molecule has 5 nitrogen and oxygen atoms in total. The summed E-state index contributed by atoms with van der Waals surface area (Å²) in [5.74, 6) is -0.586. The summed E-state index contributed by atoms with van der Waals surface area (Å²) in [6.45, 7) is 2.73. The largest absolute Gasteiger partial charge is 0.376 e. The van der Waals surface area contributed by atoms with Gasteiger partial charge in [-0.3, -0.25) is 4.79 Å². The molecule has 0 spiro atoms. The molecule has 1 fully saturated rings. The molecule has 0 radical (unpaired) electrons. The fraction of sp³-hybridized carbons (Fsp3) is 0.500. The average molecular weight is 359 g/mol. The van der Waals surface area contributed by atoms with Crippen LogP contribution in [0.4, 0.5) is 4.39 Å². The average Bonchev–Trinajstić information content (AvgIpc) is 2.84. The molecule has 2 aromatic rings. The first kappa shape index (κ1) is 18.6. The van der Waals surface area contributed by atoms with Gasteiger partial charge in [0.2, 0.25) is 0 Å². The van der Waals surface area contributed by atoms with E-state index in [-0.39, 0.29) is 11.7 Å². The molecule has 1 aliphatic carbocycles. The number of halogens is 1. The fourth-order valence-electron chi connectivity index (χ4n) is 3.39. The highest BCUT2D eigenvalue weighted by molar-refractivity contribution is 5.95. The minimum atomic E-state index is -0.373. The van der Waals surface area contributed by atoms with Crippen molar-refractivity contribution in [2.75, 3.05) is 13.2 Å². The fourth-order valence-corrected chi connectivity index (χ4v) is 3.39. The third kappa shape index (κ3) is 4.49. The van der Waals surface area contributed by atoms with Gasteiger partial charge in [0.15, 0.2) is 0 Å². The van der Waals surface area contributed by atoms with Crippen LogP contribution in [0.3, 0.4) is 0 Å². The van der Waals surface area contributed by atoms with E-state index in [0.717, 1.165) is 12.8 Å². The van der Waals surface area contributed by atoms with E-state index in [1.165, 1.54) is 42.6 Å². The summed E-state index contributed by atoms with van der Waals surface area (Å²) in [6, 6.07) is 6.38. The third-order valence-corrected chi connectivity index (χ3v) is 4.88. The van der Waals surface area contributed by atoms with E-state index in [1.54, 1.807) is 25.1 Å². The van der Waals surface area contributed by atoms with Crippen molar-refractivity contribution in [1.82, 2.24) is 15.1 Å². The quantitative estimate of drug-likeness (QED) is 0.631. The standard InChI is InChI=1S/C20H26FN3O2/c1-15-17(14-23-24(15)19-11-7-6-10-18(19)21)20(25)22-12-13-26-16-8-4-2-3-5-9-16/h6-7,10-11,14,16H,2-5,8-9,12-13H2,1H3,(H,22,25). The summed E-state index contributed by atoms with van der Waals surface area (Å²) in [5.41, 5.74) is 1.39. The van der Waals surface area contributed by atoms with Gasteiger partial charge >= 0.3 is 0 Å². The Morgan fingerprint density at radius 1 is 1.27 bits per heavy atom. The van der Waals surface area contributed by atoms with Crippen LogP contribution in [0.5, 0.6) is 0 Å². The van der Waals surface area contributed by atoms with Gasteiger partial charge in [0, 0.05) is 6.54 Å². The number of carbonyl (C=O) groups excluding carboxylic acids is 1. The number of nitrogens with one attached hydrogen (secondary N) is 1. The lowest BCUT2D eigenvalue weighted by Crippen LogP contribution is -2.29. The molecular weight excluding hydrogens is 333 g/mol. The molecule has 0 unspecified atom stereocenters. The molecule has 1 aliphatic rings. The zero-order valence-electron chi connectivity index (χ0n) is 15.2. The second-order valence-corrected chi connectivity index (χ2v) is 6.75. The number of ether oxygens (including phenoxy) is 1. The highest BCUT2D eigenvalue weighted by Crippen LogP contribution is 2.20. The van der Waals surface area contributed by atoms with Gasteiger partial charge in [0.05, 0.1) is 30.2 Å². The number of benzene rings is 1. The van der Waals surface area contributed by atoms with Gasteiger partial charge in [0.25, 0.3) is 5.91 Å². The SMILES string of the molecule is Cc1c(C(=O)NCCOC2CCCCCC2)cnn1-c1ccccc1F. The molecule has 6 heteroatoms. The minimum Gasteiger partial charge on any atom is -0.376 e. The van der Waals surface area contributed by atoms with Crippen LogP contribution in [-0.2, 0) is 4.74 Å². The van der Waals surface area contributed by atoms with Crippen LogP contribution in [0.1, 0.15) is 54.6 Å². The van der Waals surface area contributed by atoms with Gasteiger partial charge in [-0.25, -0.2) is 9.07 Å². The number of para-hydroxylation sites is 1. The molecule has 0 atom stereocenters. The number of hydrogen-bond donors (Lipinski definition) is 1. The Morgan fingerprint density at radius 3 is 2.73 bits per heavy atom. The molecule has 1 amide bonds. The number of carbonyl (C=O) groups is 1. The Hall–Kier alpha value is -2.21. The number of nitrogens with zero attached hydrogens (tertiary/aromatic N) is 2. The maximum absolute atomic E-state index is 13.9. The van der Waals surface area contributed by atoms with Crippen LogP contribution in [0, 0.1) is 12.7 Å². The van der Waals surface area contributed by atoms with E-state index in [0.29, 0.717) is 36.2 Å². The number of aromatic nitrogens is 2. The molecule has 1 N–H and O–H groups in total. The van der Waals surface area contributed by atoms with Crippen molar-refractivity contribution in [3.63, 3.8) is 0 Å². The van der Waals surface area contributed by atoms with Crippen LogP contribution in [0.2, 0.25) is 0 Å². The number of rotatable bonds is 6. The first-order valence-corrected chi connectivity index (χ1v) is 9.36. The zero-order chi connectivity index (χ0) is 18.4. The van der Waals surface area contributed by atoms with Crippen molar-refractivity contribution >= 4 is 5.91 Å². The first-order valence-electron chi connectivity index (χ1n) is 9.36. The third-order valence-electron chi connectivity index (χ3n) is 4.88. The maximum atomic E-state index is 13.9. The maximum Gasteiger partial charge on any atom is 0.254 e. The molecule has 140 valence electrons.